The molecule has 8 nitrogen and oxygen atoms in total. The number of fused-ring (bicyclic) bond motifs is 1. The molecule has 0 radical (unpaired) electrons. The molecule has 3 heterocycles. The molecule has 1 saturated heterocycles. The highest BCUT2D eigenvalue weighted by atomic mass is 19.2. The van der Waals surface area contributed by atoms with E-state index in [2.05, 4.69) is 15.1 Å². The molecule has 0 N–H and O–H groups in total. The Bertz CT molecular complexity index is 1150. The molecule has 4 rings (SSSR count). The van der Waals surface area contributed by atoms with Gasteiger partial charge in [-0.05, 0) is 33.6 Å². The molecule has 1 amide bonds. The summed E-state index contributed by atoms with van der Waals surface area (Å²) in [7, 11) is 0. The van der Waals surface area contributed by atoms with E-state index >= 15 is 0 Å². The lowest BCUT2D eigenvalue weighted by Crippen LogP contribution is -2.42. The Labute approximate surface area is 182 Å². The first-order chi connectivity index (χ1) is 15.1. The summed E-state index contributed by atoms with van der Waals surface area (Å²) in [6.07, 6.45) is 3.61. The van der Waals surface area contributed by atoms with Crippen LogP contribution in [0.15, 0.2) is 24.7 Å². The van der Waals surface area contributed by atoms with Crippen molar-refractivity contribution in [2.24, 2.45) is 0 Å². The van der Waals surface area contributed by atoms with Gasteiger partial charge in [0.25, 0.3) is 0 Å². The Hall–Kier alpha value is -3.37. The van der Waals surface area contributed by atoms with Crippen molar-refractivity contribution < 1.29 is 27.4 Å². The molecule has 3 aromatic rings. The number of carbonyl (C=O) groups excluding carboxylic acids is 1. The highest BCUT2D eigenvalue weighted by molar-refractivity contribution is 5.80. The van der Waals surface area contributed by atoms with E-state index in [9.17, 15) is 18.0 Å². The van der Waals surface area contributed by atoms with E-state index in [0.29, 0.717) is 49.1 Å². The Morgan fingerprint density at radius 1 is 1.06 bits per heavy atom. The van der Waals surface area contributed by atoms with Gasteiger partial charge in [-0.1, -0.05) is 0 Å². The summed E-state index contributed by atoms with van der Waals surface area (Å²) < 4.78 is 53.2. The molecule has 170 valence electrons. The number of piperidine rings is 1. The van der Waals surface area contributed by atoms with Gasteiger partial charge in [0.05, 0.1) is 12.2 Å². The molecule has 1 aromatic carbocycles. The van der Waals surface area contributed by atoms with Crippen LogP contribution in [0.25, 0.3) is 11.0 Å². The Balaban J connectivity index is 1.52. The molecule has 32 heavy (non-hydrogen) atoms. The summed E-state index contributed by atoms with van der Waals surface area (Å²) in [6.45, 7) is 6.45. The zero-order valence-corrected chi connectivity index (χ0v) is 17.8. The van der Waals surface area contributed by atoms with Crippen molar-refractivity contribution >= 4 is 17.1 Å². The summed E-state index contributed by atoms with van der Waals surface area (Å²) in [4.78, 5) is 22.2. The van der Waals surface area contributed by atoms with Crippen molar-refractivity contribution in [3.8, 4) is 11.6 Å². The van der Waals surface area contributed by atoms with Crippen LogP contribution in [-0.4, -0.2) is 49.4 Å². The van der Waals surface area contributed by atoms with Crippen molar-refractivity contribution in [1.29, 1.82) is 0 Å². The number of carbonyl (C=O) groups is 1. The molecule has 1 aliphatic heterocycles. The first-order valence-corrected chi connectivity index (χ1v) is 10.1. The number of hydrogen-bond acceptors (Lipinski definition) is 6. The molecule has 1 fully saturated rings. The number of hydrogen-bond donors (Lipinski definition) is 0. The molecule has 0 bridgehead atoms. The van der Waals surface area contributed by atoms with Crippen LogP contribution in [0.3, 0.4) is 0 Å². The molecular formula is C21H22F3N5O3. The first kappa shape index (κ1) is 21.8. The van der Waals surface area contributed by atoms with Gasteiger partial charge in [-0.2, -0.15) is 5.10 Å². The van der Waals surface area contributed by atoms with Crippen LogP contribution in [0.2, 0.25) is 0 Å². The van der Waals surface area contributed by atoms with Crippen LogP contribution >= 0.6 is 0 Å². The number of ether oxygens (including phenoxy) is 2. The van der Waals surface area contributed by atoms with E-state index in [0.717, 1.165) is 0 Å². The summed E-state index contributed by atoms with van der Waals surface area (Å²) in [5, 5.41) is 4.77. The Morgan fingerprint density at radius 2 is 1.75 bits per heavy atom. The van der Waals surface area contributed by atoms with E-state index in [-0.39, 0.29) is 18.0 Å². The molecular weight excluding hydrogens is 427 g/mol. The number of benzene rings is 1. The van der Waals surface area contributed by atoms with Crippen LogP contribution in [0, 0.1) is 17.5 Å². The van der Waals surface area contributed by atoms with Gasteiger partial charge in [0.1, 0.15) is 17.3 Å². The van der Waals surface area contributed by atoms with Gasteiger partial charge < -0.3 is 14.4 Å². The monoisotopic (exact) mass is 449 g/mol. The minimum Gasteiger partial charge on any atom is -0.444 e. The number of nitrogens with zero attached hydrogens (tertiary/aromatic N) is 5. The van der Waals surface area contributed by atoms with Crippen molar-refractivity contribution in [3.05, 3.63) is 42.1 Å². The lowest BCUT2D eigenvalue weighted by Gasteiger charge is -2.33. The van der Waals surface area contributed by atoms with Gasteiger partial charge in [0.2, 0.25) is 5.88 Å². The Morgan fingerprint density at radius 3 is 2.44 bits per heavy atom. The number of likely N-dealkylation sites (tertiary alicyclic amines) is 1. The standard InChI is InChI=1S/C21H22F3N5O3/c1-21(2,3)32-20(30)28-6-4-12(5-7-28)29-18-13(10-27-29)19(26-11-25-18)31-17-9-15(23)14(22)8-16(17)24/h8-12H,4-7H2,1-3H3. The highest BCUT2D eigenvalue weighted by Crippen LogP contribution is 2.32. The maximum Gasteiger partial charge on any atom is 0.410 e. The highest BCUT2D eigenvalue weighted by Gasteiger charge is 2.29. The van der Waals surface area contributed by atoms with E-state index in [1.165, 1.54) is 12.5 Å². The summed E-state index contributed by atoms with van der Waals surface area (Å²) in [5.41, 5.74) is -0.111. The van der Waals surface area contributed by atoms with Gasteiger partial charge in [-0.25, -0.2) is 32.6 Å². The lowest BCUT2D eigenvalue weighted by molar-refractivity contribution is 0.0186. The quantitative estimate of drug-likeness (QED) is 0.543. The molecule has 0 aliphatic carbocycles. The summed E-state index contributed by atoms with van der Waals surface area (Å²) in [6, 6.07) is 0.995. The normalized spacial score (nSPS) is 15.2. The van der Waals surface area contributed by atoms with E-state index in [1.807, 2.05) is 20.8 Å². The summed E-state index contributed by atoms with van der Waals surface area (Å²) in [5.74, 6) is -4.13. The molecule has 0 spiro atoms. The lowest BCUT2D eigenvalue weighted by atomic mass is 10.1. The van der Waals surface area contributed by atoms with Crippen LogP contribution < -0.4 is 4.74 Å². The number of aromatic nitrogens is 4. The third-order valence-electron chi connectivity index (χ3n) is 5.00. The van der Waals surface area contributed by atoms with E-state index in [1.54, 1.807) is 9.58 Å². The number of halogens is 3. The molecule has 2 aromatic heterocycles. The minimum absolute atomic E-state index is 0.0302. The summed E-state index contributed by atoms with van der Waals surface area (Å²) >= 11 is 0. The molecule has 11 heteroatoms. The first-order valence-electron chi connectivity index (χ1n) is 10.1. The number of amides is 1. The maximum absolute atomic E-state index is 14.0. The molecule has 0 atom stereocenters. The molecule has 0 unspecified atom stereocenters. The van der Waals surface area contributed by atoms with Gasteiger partial charge >= 0.3 is 6.09 Å². The average Bonchev–Trinajstić information content (AvgIpc) is 3.16. The van der Waals surface area contributed by atoms with E-state index in [4.69, 9.17) is 9.47 Å². The second kappa shape index (κ2) is 8.29. The van der Waals surface area contributed by atoms with Gasteiger partial charge in [-0.15, -0.1) is 0 Å². The third-order valence-corrected chi connectivity index (χ3v) is 5.00. The molecule has 0 saturated carbocycles. The fourth-order valence-electron chi connectivity index (χ4n) is 3.50. The topological polar surface area (TPSA) is 82.4 Å². The van der Waals surface area contributed by atoms with Gasteiger partial charge in [0.15, 0.2) is 28.8 Å². The van der Waals surface area contributed by atoms with Crippen LogP contribution in [-0.2, 0) is 4.74 Å². The van der Waals surface area contributed by atoms with Crippen molar-refractivity contribution in [1.82, 2.24) is 24.6 Å². The minimum atomic E-state index is -1.31. The largest absolute Gasteiger partial charge is 0.444 e. The predicted molar refractivity (Wildman–Crippen MR) is 108 cm³/mol. The SMILES string of the molecule is CC(C)(C)OC(=O)N1CCC(n2ncc3c(Oc4cc(F)c(F)cc4F)ncnc32)CC1. The van der Waals surface area contributed by atoms with Gasteiger partial charge in [-0.3, -0.25) is 0 Å². The predicted octanol–water partition coefficient (Wildman–Crippen LogP) is 4.61. The van der Waals surface area contributed by atoms with Crippen molar-refractivity contribution in [2.75, 3.05) is 13.1 Å². The maximum atomic E-state index is 14.0. The van der Waals surface area contributed by atoms with Crippen molar-refractivity contribution in [2.45, 2.75) is 45.3 Å². The average molecular weight is 449 g/mol. The van der Waals surface area contributed by atoms with Crippen LogP contribution in [0.5, 0.6) is 11.6 Å². The fourth-order valence-corrected chi connectivity index (χ4v) is 3.50. The van der Waals surface area contributed by atoms with E-state index < -0.39 is 28.8 Å². The fraction of sp³-hybridized carbons (Fsp3) is 0.429. The van der Waals surface area contributed by atoms with Crippen LogP contribution in [0.4, 0.5) is 18.0 Å². The third kappa shape index (κ3) is 4.46. The van der Waals surface area contributed by atoms with Crippen molar-refractivity contribution in [3.63, 3.8) is 0 Å². The van der Waals surface area contributed by atoms with Crippen LogP contribution in [0.1, 0.15) is 39.7 Å². The molecule has 1 aliphatic rings. The zero-order valence-electron chi connectivity index (χ0n) is 17.8. The van der Waals surface area contributed by atoms with Gasteiger partial charge in [0, 0.05) is 25.2 Å². The Kier molecular flexibility index (Phi) is 5.66. The number of rotatable bonds is 3. The second-order valence-electron chi connectivity index (χ2n) is 8.50. The second-order valence-corrected chi connectivity index (χ2v) is 8.50. The smallest absolute Gasteiger partial charge is 0.410 e. The zero-order chi connectivity index (χ0) is 23.0.